The molecule has 0 atom stereocenters. The monoisotopic (exact) mass is 372 g/mol. The predicted molar refractivity (Wildman–Crippen MR) is 92.6 cm³/mol. The minimum Gasteiger partial charge on any atom is -0.493 e. The average Bonchev–Trinajstić information content (AvgIpc) is 2.89. The number of rotatable bonds is 8. The Hall–Kier alpha value is -2.00. The number of halogens is 2. The van der Waals surface area contributed by atoms with Crippen molar-refractivity contribution in [1.29, 1.82) is 0 Å². The lowest BCUT2D eigenvalue weighted by molar-refractivity contribution is -0.0512. The van der Waals surface area contributed by atoms with Gasteiger partial charge in [-0.15, -0.1) is 0 Å². The molecule has 1 heterocycles. The molecule has 0 amide bonds. The van der Waals surface area contributed by atoms with Crippen LogP contribution in [0.3, 0.4) is 0 Å². The highest BCUT2D eigenvalue weighted by atomic mass is 32.1. The molecular formula is C16H22F2N4O2S. The average molecular weight is 372 g/mol. The summed E-state index contributed by atoms with van der Waals surface area (Å²) in [5, 5.41) is 3.18. The lowest BCUT2D eigenvalue weighted by atomic mass is 10.2. The van der Waals surface area contributed by atoms with Crippen LogP contribution in [-0.4, -0.2) is 40.4 Å². The van der Waals surface area contributed by atoms with E-state index in [2.05, 4.69) is 14.8 Å². The van der Waals surface area contributed by atoms with Crippen molar-refractivity contribution < 1.29 is 18.3 Å². The van der Waals surface area contributed by atoms with Crippen LogP contribution in [0.5, 0.6) is 11.5 Å². The van der Waals surface area contributed by atoms with E-state index in [-0.39, 0.29) is 17.4 Å². The Balaban J connectivity index is 2.07. The van der Waals surface area contributed by atoms with Crippen molar-refractivity contribution in [2.24, 2.45) is 0 Å². The summed E-state index contributed by atoms with van der Waals surface area (Å²) in [5.74, 6) is 1.39. The van der Waals surface area contributed by atoms with Crippen molar-refractivity contribution in [3.05, 3.63) is 34.4 Å². The van der Waals surface area contributed by atoms with Gasteiger partial charge in [0.15, 0.2) is 11.5 Å². The molecule has 25 heavy (non-hydrogen) atoms. The Labute approximate surface area is 150 Å². The molecule has 2 rings (SSSR count). The predicted octanol–water partition coefficient (Wildman–Crippen LogP) is 3.76. The molecular weight excluding hydrogens is 350 g/mol. The van der Waals surface area contributed by atoms with Crippen LogP contribution in [0.1, 0.15) is 31.2 Å². The van der Waals surface area contributed by atoms with Gasteiger partial charge in [-0.1, -0.05) is 19.9 Å². The lowest BCUT2D eigenvalue weighted by Crippen LogP contribution is -2.22. The molecule has 0 fully saturated rings. The third kappa shape index (κ3) is 5.23. The van der Waals surface area contributed by atoms with E-state index in [4.69, 9.17) is 17.0 Å². The number of hydrogen-bond donors (Lipinski definition) is 1. The first-order valence-corrected chi connectivity index (χ1v) is 8.18. The molecule has 0 bridgehead atoms. The van der Waals surface area contributed by atoms with Gasteiger partial charge in [-0.05, 0) is 37.0 Å². The fourth-order valence-corrected chi connectivity index (χ4v) is 2.54. The molecule has 1 N–H and O–H groups in total. The summed E-state index contributed by atoms with van der Waals surface area (Å²) in [6, 6.07) is 4.88. The molecule has 6 nitrogen and oxygen atoms in total. The van der Waals surface area contributed by atoms with Gasteiger partial charge in [0.05, 0.1) is 13.8 Å². The number of hydrogen-bond acceptors (Lipinski definition) is 5. The molecule has 0 saturated carbocycles. The second kappa shape index (κ2) is 8.39. The fourth-order valence-electron chi connectivity index (χ4n) is 2.34. The first-order chi connectivity index (χ1) is 11.8. The van der Waals surface area contributed by atoms with Crippen molar-refractivity contribution in [3.8, 4) is 11.5 Å². The minimum atomic E-state index is -2.89. The normalized spacial score (nSPS) is 11.6. The third-order valence-corrected chi connectivity index (χ3v) is 3.83. The summed E-state index contributed by atoms with van der Waals surface area (Å²) in [4.78, 5) is 6.34. The molecule has 0 saturated heterocycles. The van der Waals surface area contributed by atoms with Crippen molar-refractivity contribution >= 4 is 12.2 Å². The molecule has 0 unspecified atom stereocenters. The Morgan fingerprint density at radius 1 is 1.32 bits per heavy atom. The minimum absolute atomic E-state index is 0.0151. The summed E-state index contributed by atoms with van der Waals surface area (Å²) < 4.78 is 36.6. The molecule has 2 aromatic rings. The molecule has 0 aliphatic heterocycles. The highest BCUT2D eigenvalue weighted by Gasteiger charge is 2.13. The first kappa shape index (κ1) is 19.3. The highest BCUT2D eigenvalue weighted by molar-refractivity contribution is 7.71. The second-order valence-electron chi connectivity index (χ2n) is 5.99. The van der Waals surface area contributed by atoms with Crippen LogP contribution in [0.15, 0.2) is 18.2 Å². The van der Waals surface area contributed by atoms with Gasteiger partial charge >= 0.3 is 6.61 Å². The van der Waals surface area contributed by atoms with E-state index >= 15 is 0 Å². The maximum atomic E-state index is 12.4. The zero-order chi connectivity index (χ0) is 18.6. The number of aromatic nitrogens is 3. The Kier molecular flexibility index (Phi) is 6.49. The second-order valence-corrected chi connectivity index (χ2v) is 6.36. The van der Waals surface area contributed by atoms with Crippen LogP contribution in [-0.2, 0) is 13.2 Å². The summed E-state index contributed by atoms with van der Waals surface area (Å²) in [5.41, 5.74) is 0.899. The van der Waals surface area contributed by atoms with Gasteiger partial charge in [0.1, 0.15) is 5.82 Å². The van der Waals surface area contributed by atoms with Crippen molar-refractivity contribution in [2.75, 3.05) is 14.2 Å². The maximum Gasteiger partial charge on any atom is 0.387 e. The quantitative estimate of drug-likeness (QED) is 0.715. The number of methoxy groups -OCH3 is 1. The van der Waals surface area contributed by atoms with E-state index in [1.165, 1.54) is 13.2 Å². The number of ether oxygens (including phenoxy) is 2. The number of alkyl halides is 2. The molecule has 1 aromatic heterocycles. The standard InChI is InChI=1S/C16H22F2N4O2S/c1-10(2)14-19-16(25)22(20-14)9-21(3)8-11-5-6-12(24-15(17)18)13(7-11)23-4/h5-7,10,15H,8-9H2,1-4H3,(H,19,20,25). The van der Waals surface area contributed by atoms with Crippen molar-refractivity contribution in [3.63, 3.8) is 0 Å². The molecule has 0 spiro atoms. The van der Waals surface area contributed by atoms with Crippen LogP contribution in [0.4, 0.5) is 8.78 Å². The van der Waals surface area contributed by atoms with Gasteiger partial charge in [-0.3, -0.25) is 10.00 Å². The van der Waals surface area contributed by atoms with E-state index < -0.39 is 6.61 Å². The van der Waals surface area contributed by atoms with Crippen LogP contribution < -0.4 is 9.47 Å². The van der Waals surface area contributed by atoms with Gasteiger partial charge in [-0.25, -0.2) is 9.67 Å². The van der Waals surface area contributed by atoms with Gasteiger partial charge in [0.25, 0.3) is 0 Å². The Morgan fingerprint density at radius 3 is 2.60 bits per heavy atom. The zero-order valence-corrected chi connectivity index (χ0v) is 15.4. The van der Waals surface area contributed by atoms with Gasteiger partial charge in [0.2, 0.25) is 4.77 Å². The van der Waals surface area contributed by atoms with E-state index in [0.717, 1.165) is 11.4 Å². The maximum absolute atomic E-state index is 12.4. The molecule has 9 heteroatoms. The Bertz CT molecular complexity index is 761. The largest absolute Gasteiger partial charge is 0.493 e. The van der Waals surface area contributed by atoms with Gasteiger partial charge in [-0.2, -0.15) is 8.78 Å². The summed E-state index contributed by atoms with van der Waals surface area (Å²) in [6.07, 6.45) is 0. The summed E-state index contributed by atoms with van der Waals surface area (Å²) in [6.45, 7) is 2.28. The number of nitrogens with one attached hydrogen (secondary N) is 1. The highest BCUT2D eigenvalue weighted by Crippen LogP contribution is 2.29. The van der Waals surface area contributed by atoms with Crippen LogP contribution in [0.25, 0.3) is 0 Å². The smallest absolute Gasteiger partial charge is 0.387 e. The molecule has 1 aromatic carbocycles. The number of H-pyrrole nitrogens is 1. The number of nitrogens with zero attached hydrogens (tertiary/aromatic N) is 3. The fraction of sp³-hybridized carbons (Fsp3) is 0.500. The first-order valence-electron chi connectivity index (χ1n) is 7.77. The summed E-state index contributed by atoms with van der Waals surface area (Å²) >= 11 is 5.26. The van der Waals surface area contributed by atoms with Crippen molar-refractivity contribution in [2.45, 2.75) is 39.6 Å². The van der Waals surface area contributed by atoms with E-state index in [9.17, 15) is 8.78 Å². The van der Waals surface area contributed by atoms with E-state index in [0.29, 0.717) is 18.0 Å². The number of benzene rings is 1. The Morgan fingerprint density at radius 2 is 2.04 bits per heavy atom. The summed E-state index contributed by atoms with van der Waals surface area (Å²) in [7, 11) is 3.34. The molecule has 0 aliphatic rings. The molecule has 0 radical (unpaired) electrons. The van der Waals surface area contributed by atoms with E-state index in [1.54, 1.807) is 16.8 Å². The molecule has 0 aliphatic carbocycles. The topological polar surface area (TPSA) is 55.3 Å². The lowest BCUT2D eigenvalue weighted by Gasteiger charge is -2.18. The third-order valence-electron chi connectivity index (χ3n) is 3.52. The zero-order valence-electron chi connectivity index (χ0n) is 14.6. The van der Waals surface area contributed by atoms with Crippen molar-refractivity contribution in [1.82, 2.24) is 19.7 Å². The van der Waals surface area contributed by atoms with Gasteiger partial charge < -0.3 is 9.47 Å². The molecule has 138 valence electrons. The van der Waals surface area contributed by atoms with Gasteiger partial charge in [0, 0.05) is 12.5 Å². The SMILES string of the molecule is COc1cc(CN(C)Cn2[nH]c(C(C)C)nc2=S)ccc1OC(F)F. The van der Waals surface area contributed by atoms with Crippen LogP contribution in [0, 0.1) is 4.77 Å². The van der Waals surface area contributed by atoms with Crippen LogP contribution in [0.2, 0.25) is 0 Å². The van der Waals surface area contributed by atoms with Crippen LogP contribution >= 0.6 is 12.2 Å². The number of aromatic amines is 1. The van der Waals surface area contributed by atoms with E-state index in [1.807, 2.05) is 25.8 Å².